The van der Waals surface area contributed by atoms with E-state index in [4.69, 9.17) is 0 Å². The van der Waals surface area contributed by atoms with Gasteiger partial charge in [-0.15, -0.1) is 11.3 Å². The summed E-state index contributed by atoms with van der Waals surface area (Å²) in [7, 11) is 4.02. The van der Waals surface area contributed by atoms with Gasteiger partial charge in [0, 0.05) is 19.0 Å². The fraction of sp³-hybridized carbons (Fsp3) is 0.400. The third-order valence-electron chi connectivity index (χ3n) is 2.37. The Hall–Kier alpha value is -1.16. The van der Waals surface area contributed by atoms with Crippen molar-refractivity contribution in [3.8, 4) is 0 Å². The highest BCUT2D eigenvalue weighted by molar-refractivity contribution is 7.18. The van der Waals surface area contributed by atoms with Crippen molar-refractivity contribution in [3.63, 3.8) is 0 Å². The number of hydrogen-bond donors (Lipinski definition) is 0. The molecule has 74 valence electrons. The molecule has 2 aromatic rings. The molecule has 0 amide bonds. The highest BCUT2D eigenvalue weighted by atomic mass is 32.1. The maximum Gasteiger partial charge on any atom is 0.140 e. The molecule has 0 saturated heterocycles. The summed E-state index contributed by atoms with van der Waals surface area (Å²) in [5, 5.41) is 1.19. The molecule has 0 bridgehead atoms. The van der Waals surface area contributed by atoms with Gasteiger partial charge in [0.1, 0.15) is 17.0 Å². The van der Waals surface area contributed by atoms with E-state index in [1.165, 1.54) is 15.8 Å². The molecule has 2 rings (SSSR count). The summed E-state index contributed by atoms with van der Waals surface area (Å²) in [4.78, 5) is 13.0. The molecule has 0 radical (unpaired) electrons. The second-order valence-corrected chi connectivity index (χ2v) is 4.76. The average molecular weight is 207 g/mol. The van der Waals surface area contributed by atoms with E-state index in [2.05, 4.69) is 23.8 Å². The van der Waals surface area contributed by atoms with E-state index in [0.717, 1.165) is 10.6 Å². The molecule has 0 aromatic carbocycles. The predicted octanol–water partition coefficient (Wildman–Crippen LogP) is 2.37. The zero-order valence-corrected chi connectivity index (χ0v) is 9.64. The van der Waals surface area contributed by atoms with Crippen LogP contribution in [0.1, 0.15) is 10.4 Å². The lowest BCUT2D eigenvalue weighted by Crippen LogP contribution is -2.11. The Labute approximate surface area is 87.4 Å². The van der Waals surface area contributed by atoms with Crippen LogP contribution in [0.5, 0.6) is 0 Å². The molecular weight excluding hydrogens is 194 g/mol. The van der Waals surface area contributed by atoms with Crippen molar-refractivity contribution < 1.29 is 0 Å². The Morgan fingerprint density at radius 3 is 2.57 bits per heavy atom. The molecule has 0 N–H and O–H groups in total. The molecule has 2 aromatic heterocycles. The van der Waals surface area contributed by atoms with Gasteiger partial charge in [-0.05, 0) is 19.4 Å². The summed E-state index contributed by atoms with van der Waals surface area (Å²) < 4.78 is 0. The Bertz CT molecular complexity index is 473. The molecule has 2 heterocycles. The van der Waals surface area contributed by atoms with Crippen molar-refractivity contribution in [1.82, 2.24) is 9.97 Å². The zero-order valence-electron chi connectivity index (χ0n) is 8.83. The van der Waals surface area contributed by atoms with Gasteiger partial charge in [0.25, 0.3) is 0 Å². The first-order valence-electron chi connectivity index (χ1n) is 4.49. The van der Waals surface area contributed by atoms with Crippen LogP contribution >= 0.6 is 11.3 Å². The van der Waals surface area contributed by atoms with Gasteiger partial charge in [-0.25, -0.2) is 9.97 Å². The molecular formula is C10H13N3S. The zero-order chi connectivity index (χ0) is 10.3. The van der Waals surface area contributed by atoms with Gasteiger partial charge in [-0.3, -0.25) is 0 Å². The smallest absolute Gasteiger partial charge is 0.140 e. The van der Waals surface area contributed by atoms with E-state index in [0.29, 0.717) is 0 Å². The topological polar surface area (TPSA) is 29.0 Å². The lowest BCUT2D eigenvalue weighted by molar-refractivity contribution is 1.06. The molecule has 4 heteroatoms. The second kappa shape index (κ2) is 3.20. The van der Waals surface area contributed by atoms with Gasteiger partial charge in [0.05, 0.1) is 5.39 Å². The average Bonchev–Trinajstić information content (AvgIpc) is 2.43. The van der Waals surface area contributed by atoms with Crippen molar-refractivity contribution >= 4 is 27.4 Å². The summed E-state index contributed by atoms with van der Waals surface area (Å²) >= 11 is 1.73. The summed E-state index contributed by atoms with van der Waals surface area (Å²) in [5.74, 6) is 1.01. The van der Waals surface area contributed by atoms with E-state index in [1.807, 2.05) is 19.0 Å². The van der Waals surface area contributed by atoms with Gasteiger partial charge in [0.15, 0.2) is 0 Å². The van der Waals surface area contributed by atoms with Crippen molar-refractivity contribution in [1.29, 1.82) is 0 Å². The molecule has 0 atom stereocenters. The normalized spacial score (nSPS) is 10.9. The van der Waals surface area contributed by atoms with E-state index < -0.39 is 0 Å². The van der Waals surface area contributed by atoms with Crippen LogP contribution in [0, 0.1) is 13.8 Å². The number of aryl methyl sites for hydroxylation is 2. The molecule has 0 saturated carbocycles. The molecule has 0 spiro atoms. The van der Waals surface area contributed by atoms with Crippen LogP contribution in [-0.2, 0) is 0 Å². The third kappa shape index (κ3) is 1.26. The number of anilines is 1. The first kappa shape index (κ1) is 9.40. The van der Waals surface area contributed by atoms with E-state index >= 15 is 0 Å². The number of rotatable bonds is 1. The Kier molecular flexibility index (Phi) is 2.15. The minimum Gasteiger partial charge on any atom is -0.362 e. The summed E-state index contributed by atoms with van der Waals surface area (Å²) in [6.45, 7) is 4.26. The maximum absolute atomic E-state index is 4.30. The standard InChI is InChI=1S/C10H13N3S/c1-6-7(2)14-10-8(6)9(13(3)4)11-5-12-10/h5H,1-4H3. The molecule has 14 heavy (non-hydrogen) atoms. The first-order valence-corrected chi connectivity index (χ1v) is 5.31. The van der Waals surface area contributed by atoms with E-state index in [-0.39, 0.29) is 0 Å². The van der Waals surface area contributed by atoms with Gasteiger partial charge < -0.3 is 4.90 Å². The van der Waals surface area contributed by atoms with Gasteiger partial charge in [-0.2, -0.15) is 0 Å². The molecule has 0 aliphatic heterocycles. The summed E-state index contributed by atoms with van der Waals surface area (Å²) in [5.41, 5.74) is 1.30. The fourth-order valence-electron chi connectivity index (χ4n) is 1.50. The highest BCUT2D eigenvalue weighted by Crippen LogP contribution is 2.33. The van der Waals surface area contributed by atoms with Gasteiger partial charge in [0.2, 0.25) is 0 Å². The van der Waals surface area contributed by atoms with Crippen LogP contribution in [0.25, 0.3) is 10.2 Å². The number of fused-ring (bicyclic) bond motifs is 1. The Morgan fingerprint density at radius 1 is 1.21 bits per heavy atom. The monoisotopic (exact) mass is 207 g/mol. The fourth-order valence-corrected chi connectivity index (χ4v) is 2.49. The van der Waals surface area contributed by atoms with Crippen molar-refractivity contribution in [2.75, 3.05) is 19.0 Å². The second-order valence-electron chi connectivity index (χ2n) is 3.56. The van der Waals surface area contributed by atoms with Crippen LogP contribution < -0.4 is 4.90 Å². The highest BCUT2D eigenvalue weighted by Gasteiger charge is 2.12. The minimum absolute atomic E-state index is 1.01. The van der Waals surface area contributed by atoms with Crippen LogP contribution in [0.15, 0.2) is 6.33 Å². The Morgan fingerprint density at radius 2 is 1.93 bits per heavy atom. The largest absolute Gasteiger partial charge is 0.362 e. The quantitative estimate of drug-likeness (QED) is 0.719. The van der Waals surface area contributed by atoms with Gasteiger partial charge >= 0.3 is 0 Å². The summed E-state index contributed by atoms with van der Waals surface area (Å²) in [6, 6.07) is 0. The molecule has 0 unspecified atom stereocenters. The van der Waals surface area contributed by atoms with Crippen molar-refractivity contribution in [3.05, 3.63) is 16.8 Å². The predicted molar refractivity (Wildman–Crippen MR) is 61.2 cm³/mol. The lowest BCUT2D eigenvalue weighted by Gasteiger charge is -2.12. The number of hydrogen-bond acceptors (Lipinski definition) is 4. The molecule has 0 aliphatic rings. The molecule has 0 aliphatic carbocycles. The van der Waals surface area contributed by atoms with Gasteiger partial charge in [-0.1, -0.05) is 0 Å². The van der Waals surface area contributed by atoms with Crippen molar-refractivity contribution in [2.45, 2.75) is 13.8 Å². The number of thiophene rings is 1. The molecule has 3 nitrogen and oxygen atoms in total. The lowest BCUT2D eigenvalue weighted by atomic mass is 10.2. The van der Waals surface area contributed by atoms with Crippen LogP contribution in [0.4, 0.5) is 5.82 Å². The number of nitrogens with zero attached hydrogens (tertiary/aromatic N) is 3. The van der Waals surface area contributed by atoms with Crippen LogP contribution in [0.3, 0.4) is 0 Å². The SMILES string of the molecule is Cc1sc2ncnc(N(C)C)c2c1C. The minimum atomic E-state index is 1.01. The number of aromatic nitrogens is 2. The Balaban J connectivity index is 2.84. The molecule has 0 fully saturated rings. The van der Waals surface area contributed by atoms with E-state index in [9.17, 15) is 0 Å². The maximum atomic E-state index is 4.30. The van der Waals surface area contributed by atoms with Crippen LogP contribution in [0.2, 0.25) is 0 Å². The van der Waals surface area contributed by atoms with Crippen molar-refractivity contribution in [2.24, 2.45) is 0 Å². The van der Waals surface area contributed by atoms with Crippen LogP contribution in [-0.4, -0.2) is 24.1 Å². The summed E-state index contributed by atoms with van der Waals surface area (Å²) in [6.07, 6.45) is 1.63. The van der Waals surface area contributed by atoms with E-state index in [1.54, 1.807) is 17.7 Å². The third-order valence-corrected chi connectivity index (χ3v) is 3.48. The first-order chi connectivity index (χ1) is 6.61.